The molecule has 1 aliphatic carbocycles. The molecule has 90 valence electrons. The van der Waals surface area contributed by atoms with Gasteiger partial charge in [0.15, 0.2) is 0 Å². The van der Waals surface area contributed by atoms with Crippen LogP contribution in [0.3, 0.4) is 0 Å². The van der Waals surface area contributed by atoms with E-state index in [9.17, 15) is 4.79 Å². The number of rotatable bonds is 3. The van der Waals surface area contributed by atoms with Crippen molar-refractivity contribution in [2.75, 3.05) is 5.75 Å². The SMILES string of the molecule is O=C(C1CCCCS1)C1CC1c1ccccc1. The maximum absolute atomic E-state index is 12.3. The van der Waals surface area contributed by atoms with Crippen LogP contribution in [0.5, 0.6) is 0 Å². The van der Waals surface area contributed by atoms with Gasteiger partial charge < -0.3 is 0 Å². The van der Waals surface area contributed by atoms with Crippen molar-refractivity contribution in [3.05, 3.63) is 35.9 Å². The van der Waals surface area contributed by atoms with Crippen molar-refractivity contribution in [3.8, 4) is 0 Å². The molecule has 2 heteroatoms. The van der Waals surface area contributed by atoms with E-state index in [-0.39, 0.29) is 0 Å². The Morgan fingerprint density at radius 1 is 1.18 bits per heavy atom. The van der Waals surface area contributed by atoms with Crippen LogP contribution < -0.4 is 0 Å². The second-order valence-electron chi connectivity index (χ2n) is 5.12. The summed E-state index contributed by atoms with van der Waals surface area (Å²) in [7, 11) is 0. The molecular weight excluding hydrogens is 228 g/mol. The Morgan fingerprint density at radius 3 is 2.71 bits per heavy atom. The Labute approximate surface area is 107 Å². The van der Waals surface area contributed by atoms with E-state index in [4.69, 9.17) is 0 Å². The molecule has 3 atom stereocenters. The largest absolute Gasteiger partial charge is 0.298 e. The Hall–Kier alpha value is -0.760. The van der Waals surface area contributed by atoms with Crippen LogP contribution in [-0.4, -0.2) is 16.8 Å². The second kappa shape index (κ2) is 4.85. The Morgan fingerprint density at radius 2 is 2.00 bits per heavy atom. The van der Waals surface area contributed by atoms with Crippen molar-refractivity contribution in [2.24, 2.45) is 5.92 Å². The highest BCUT2D eigenvalue weighted by atomic mass is 32.2. The van der Waals surface area contributed by atoms with Crippen LogP contribution in [-0.2, 0) is 4.79 Å². The van der Waals surface area contributed by atoms with Gasteiger partial charge >= 0.3 is 0 Å². The van der Waals surface area contributed by atoms with Crippen LogP contribution in [0.2, 0.25) is 0 Å². The number of ketones is 1. The monoisotopic (exact) mass is 246 g/mol. The van der Waals surface area contributed by atoms with Gasteiger partial charge in [-0.2, -0.15) is 11.8 Å². The van der Waals surface area contributed by atoms with Gasteiger partial charge in [0.2, 0.25) is 0 Å². The highest BCUT2D eigenvalue weighted by Crippen LogP contribution is 2.50. The first-order valence-electron chi connectivity index (χ1n) is 6.56. The first kappa shape index (κ1) is 11.3. The number of thioether (sulfide) groups is 1. The van der Waals surface area contributed by atoms with E-state index >= 15 is 0 Å². The molecule has 17 heavy (non-hydrogen) atoms. The summed E-state index contributed by atoms with van der Waals surface area (Å²) in [5.41, 5.74) is 1.35. The number of benzene rings is 1. The first-order chi connectivity index (χ1) is 8.36. The Bertz CT molecular complexity index is 395. The molecule has 0 radical (unpaired) electrons. The van der Waals surface area contributed by atoms with Gasteiger partial charge in [-0.25, -0.2) is 0 Å². The number of carbonyl (C=O) groups excluding carboxylic acids is 1. The van der Waals surface area contributed by atoms with Gasteiger partial charge in [-0.1, -0.05) is 36.8 Å². The third-order valence-corrected chi connectivity index (χ3v) is 5.28. The van der Waals surface area contributed by atoms with Crippen LogP contribution in [0.4, 0.5) is 0 Å². The summed E-state index contributed by atoms with van der Waals surface area (Å²) in [6.45, 7) is 0. The van der Waals surface area contributed by atoms with Crippen molar-refractivity contribution in [1.82, 2.24) is 0 Å². The second-order valence-corrected chi connectivity index (χ2v) is 6.43. The number of hydrogen-bond donors (Lipinski definition) is 0. The molecule has 1 aromatic rings. The van der Waals surface area contributed by atoms with Gasteiger partial charge in [-0.3, -0.25) is 4.79 Å². The van der Waals surface area contributed by atoms with Crippen molar-refractivity contribution < 1.29 is 4.79 Å². The van der Waals surface area contributed by atoms with Crippen LogP contribution in [0.25, 0.3) is 0 Å². The molecular formula is C15H18OS. The third-order valence-electron chi connectivity index (χ3n) is 3.88. The lowest BCUT2D eigenvalue weighted by molar-refractivity contribution is -0.120. The fourth-order valence-electron chi connectivity index (χ4n) is 2.78. The maximum atomic E-state index is 12.3. The van der Waals surface area contributed by atoms with Crippen molar-refractivity contribution >= 4 is 17.5 Å². The van der Waals surface area contributed by atoms with Gasteiger partial charge in [-0.05, 0) is 36.5 Å². The summed E-state index contributed by atoms with van der Waals surface area (Å²) >= 11 is 1.89. The molecule has 0 aromatic heterocycles. The molecule has 2 aliphatic rings. The summed E-state index contributed by atoms with van der Waals surface area (Å²) in [4.78, 5) is 12.3. The minimum Gasteiger partial charge on any atom is -0.298 e. The van der Waals surface area contributed by atoms with Crippen LogP contribution >= 0.6 is 11.8 Å². The molecule has 3 rings (SSSR count). The summed E-state index contributed by atoms with van der Waals surface area (Å²) in [5.74, 6) is 2.56. The quantitative estimate of drug-likeness (QED) is 0.810. The summed E-state index contributed by atoms with van der Waals surface area (Å²) in [6.07, 6.45) is 4.73. The molecule has 1 nitrogen and oxygen atoms in total. The average Bonchev–Trinajstić information content (AvgIpc) is 3.20. The molecule has 0 bridgehead atoms. The molecule has 2 fully saturated rings. The lowest BCUT2D eigenvalue weighted by atomic mass is 10.0. The van der Waals surface area contributed by atoms with Crippen LogP contribution in [0, 0.1) is 5.92 Å². The number of carbonyl (C=O) groups is 1. The first-order valence-corrected chi connectivity index (χ1v) is 7.61. The lowest BCUT2D eigenvalue weighted by Crippen LogP contribution is -2.22. The van der Waals surface area contributed by atoms with E-state index in [1.54, 1.807) is 0 Å². The average molecular weight is 246 g/mol. The minimum atomic E-state index is 0.308. The predicted octanol–water partition coefficient (Wildman–Crippen LogP) is 3.64. The van der Waals surface area contributed by atoms with Crippen molar-refractivity contribution in [2.45, 2.75) is 36.9 Å². The minimum absolute atomic E-state index is 0.308. The molecule has 1 saturated heterocycles. The zero-order valence-corrected chi connectivity index (χ0v) is 10.8. The Kier molecular flexibility index (Phi) is 3.24. The summed E-state index contributed by atoms with van der Waals surface area (Å²) in [6, 6.07) is 10.5. The lowest BCUT2D eigenvalue weighted by Gasteiger charge is -2.19. The predicted molar refractivity (Wildman–Crippen MR) is 72.4 cm³/mol. The van der Waals surface area contributed by atoms with Crippen LogP contribution in [0.1, 0.15) is 37.2 Å². The number of hydrogen-bond acceptors (Lipinski definition) is 2. The molecule has 0 spiro atoms. The van der Waals surface area contributed by atoms with Gasteiger partial charge in [0, 0.05) is 5.92 Å². The van der Waals surface area contributed by atoms with E-state index < -0.39 is 0 Å². The summed E-state index contributed by atoms with van der Waals surface area (Å²) < 4.78 is 0. The standard InChI is InChI=1S/C15H18OS/c16-15(14-8-4-5-9-17-14)13-10-12(13)11-6-2-1-3-7-11/h1-3,6-7,12-14H,4-5,8-10H2. The van der Waals surface area contributed by atoms with Crippen LogP contribution in [0.15, 0.2) is 30.3 Å². The maximum Gasteiger partial charge on any atom is 0.149 e. The normalized spacial score (nSPS) is 32.1. The summed E-state index contributed by atoms with van der Waals surface area (Å²) in [5, 5.41) is 0.308. The third kappa shape index (κ3) is 2.42. The van der Waals surface area contributed by atoms with Gasteiger partial charge in [-0.15, -0.1) is 0 Å². The van der Waals surface area contributed by atoms with Gasteiger partial charge in [0.1, 0.15) is 5.78 Å². The molecule has 0 amide bonds. The molecule has 1 aromatic carbocycles. The fourth-order valence-corrected chi connectivity index (χ4v) is 4.11. The molecule has 1 heterocycles. The zero-order valence-electron chi connectivity index (χ0n) is 9.97. The number of Topliss-reactive ketones (excluding diaryl/α,β-unsaturated/α-hetero) is 1. The highest BCUT2D eigenvalue weighted by Gasteiger charge is 2.46. The van der Waals surface area contributed by atoms with E-state index in [0.717, 1.165) is 12.8 Å². The molecule has 3 unspecified atom stereocenters. The van der Waals surface area contributed by atoms with Crippen molar-refractivity contribution in [3.63, 3.8) is 0 Å². The fraction of sp³-hybridized carbons (Fsp3) is 0.533. The van der Waals surface area contributed by atoms with E-state index in [0.29, 0.717) is 22.9 Å². The zero-order chi connectivity index (χ0) is 11.7. The van der Waals surface area contributed by atoms with Gasteiger partial charge in [0.25, 0.3) is 0 Å². The van der Waals surface area contributed by atoms with Gasteiger partial charge in [0.05, 0.1) is 5.25 Å². The molecule has 1 saturated carbocycles. The Balaban J connectivity index is 1.62. The molecule has 1 aliphatic heterocycles. The topological polar surface area (TPSA) is 17.1 Å². The molecule has 0 N–H and O–H groups in total. The van der Waals surface area contributed by atoms with E-state index in [1.165, 1.54) is 24.2 Å². The highest BCUT2D eigenvalue weighted by molar-refractivity contribution is 8.00. The van der Waals surface area contributed by atoms with Crippen molar-refractivity contribution in [1.29, 1.82) is 0 Å². The van der Waals surface area contributed by atoms with E-state index in [1.807, 2.05) is 17.8 Å². The van der Waals surface area contributed by atoms with E-state index in [2.05, 4.69) is 24.3 Å². The smallest absolute Gasteiger partial charge is 0.149 e.